The number of hydrogen-bond donors (Lipinski definition) is 0. The maximum absolute atomic E-state index is 9.98. The second-order valence-corrected chi connectivity index (χ2v) is 4.83. The van der Waals surface area contributed by atoms with Crippen LogP contribution in [-0.4, -0.2) is 6.29 Å². The van der Waals surface area contributed by atoms with Gasteiger partial charge < -0.3 is 0 Å². The molecule has 0 aliphatic rings. The van der Waals surface area contributed by atoms with Gasteiger partial charge in [-0.1, -0.05) is 57.3 Å². The molecule has 0 aromatic rings. The molecule has 1 heteroatoms. The second kappa shape index (κ2) is 16.8. The van der Waals surface area contributed by atoms with Crippen molar-refractivity contribution < 1.29 is 4.79 Å². The van der Waals surface area contributed by atoms with E-state index in [0.717, 1.165) is 38.5 Å². The van der Waals surface area contributed by atoms with Gasteiger partial charge in [-0.25, -0.2) is 0 Å². The molecule has 105 valence electrons. The molecular weight excluding hydrogens is 232 g/mol. The first kappa shape index (κ1) is 17.8. The van der Waals surface area contributed by atoms with Gasteiger partial charge in [-0.3, -0.25) is 4.79 Å². The van der Waals surface area contributed by atoms with Crippen LogP contribution >= 0.6 is 0 Å². The molecule has 0 spiro atoms. The van der Waals surface area contributed by atoms with Crippen LogP contribution in [0.25, 0.3) is 0 Å². The summed E-state index contributed by atoms with van der Waals surface area (Å²) in [6, 6.07) is 0. The molecule has 0 aliphatic heterocycles. The van der Waals surface area contributed by atoms with Gasteiger partial charge in [-0.2, -0.15) is 0 Å². The molecular formula is C18H27O. The molecule has 0 aliphatic carbocycles. The van der Waals surface area contributed by atoms with Crippen molar-refractivity contribution in [1.82, 2.24) is 0 Å². The van der Waals surface area contributed by atoms with E-state index in [0.29, 0.717) is 6.42 Å². The van der Waals surface area contributed by atoms with Gasteiger partial charge in [0.1, 0.15) is 0 Å². The van der Waals surface area contributed by atoms with Gasteiger partial charge in [0.05, 0.1) is 0 Å². The molecule has 0 fully saturated rings. The Bertz CT molecular complexity index is 308. The highest BCUT2D eigenvalue weighted by Crippen LogP contribution is 2.04. The Morgan fingerprint density at radius 3 is 1.58 bits per heavy atom. The van der Waals surface area contributed by atoms with Gasteiger partial charge in [0, 0.05) is 19.3 Å². The molecule has 0 heterocycles. The third-order valence-electron chi connectivity index (χ3n) is 2.98. The molecule has 0 bridgehead atoms. The summed E-state index contributed by atoms with van der Waals surface area (Å²) in [7, 11) is 0. The minimum Gasteiger partial charge on any atom is -0.291 e. The zero-order chi connectivity index (χ0) is 14.0. The molecule has 0 atom stereocenters. The topological polar surface area (TPSA) is 17.1 Å². The van der Waals surface area contributed by atoms with Gasteiger partial charge >= 0.3 is 0 Å². The zero-order valence-corrected chi connectivity index (χ0v) is 12.4. The standard InChI is InChI=1S/C18H27O/c1-2-3-4-5-6-7-8-9-10-11-12-13-14-15-16-17-18-19/h2-7,12-17H2,1H3. The van der Waals surface area contributed by atoms with Gasteiger partial charge in [-0.05, 0) is 31.1 Å². The van der Waals surface area contributed by atoms with E-state index in [4.69, 9.17) is 0 Å². The highest BCUT2D eigenvalue weighted by molar-refractivity contribution is 5.50. The van der Waals surface area contributed by atoms with Crippen molar-refractivity contribution in [2.24, 2.45) is 0 Å². The molecule has 0 amide bonds. The van der Waals surface area contributed by atoms with E-state index >= 15 is 0 Å². The third kappa shape index (κ3) is 16.8. The molecule has 1 nitrogen and oxygen atoms in total. The Labute approximate surface area is 119 Å². The summed E-state index contributed by atoms with van der Waals surface area (Å²) in [5.41, 5.74) is 0. The fraction of sp³-hybridized carbons (Fsp3) is 0.722. The van der Waals surface area contributed by atoms with Crippen LogP contribution in [0.15, 0.2) is 0 Å². The average molecular weight is 259 g/mol. The van der Waals surface area contributed by atoms with Crippen molar-refractivity contribution in [2.75, 3.05) is 0 Å². The van der Waals surface area contributed by atoms with E-state index in [1.807, 2.05) is 6.29 Å². The number of carbonyl (C=O) groups excluding carboxylic acids is 1. The summed E-state index contributed by atoms with van der Waals surface area (Å²) in [6.07, 6.45) is 15.2. The quantitative estimate of drug-likeness (QED) is 0.384. The molecule has 0 N–H and O–H groups in total. The van der Waals surface area contributed by atoms with Crippen LogP contribution < -0.4 is 0 Å². The lowest BCUT2D eigenvalue weighted by Gasteiger charge is -1.94. The summed E-state index contributed by atoms with van der Waals surface area (Å²) in [5.74, 6) is 12.0. The monoisotopic (exact) mass is 259 g/mol. The normalized spacial score (nSPS) is 9.11. The van der Waals surface area contributed by atoms with Gasteiger partial charge in [0.2, 0.25) is 0 Å². The minimum atomic E-state index is 0.579. The highest BCUT2D eigenvalue weighted by Gasteiger charge is 1.88. The van der Waals surface area contributed by atoms with Crippen molar-refractivity contribution in [3.05, 3.63) is 0 Å². The zero-order valence-electron chi connectivity index (χ0n) is 12.4. The van der Waals surface area contributed by atoms with Gasteiger partial charge in [0.25, 0.3) is 0 Å². The number of unbranched alkanes of at least 4 members (excludes halogenated alkanes) is 10. The van der Waals surface area contributed by atoms with Crippen LogP contribution in [0.4, 0.5) is 0 Å². The average Bonchev–Trinajstić information content (AvgIpc) is 2.43. The van der Waals surface area contributed by atoms with E-state index in [9.17, 15) is 4.79 Å². The van der Waals surface area contributed by atoms with Crippen LogP contribution in [0.5, 0.6) is 0 Å². The maximum atomic E-state index is 9.98. The molecule has 1 radical (unpaired) electrons. The van der Waals surface area contributed by atoms with E-state index in [-0.39, 0.29) is 0 Å². The molecule has 0 unspecified atom stereocenters. The predicted molar refractivity (Wildman–Crippen MR) is 82.3 cm³/mol. The second-order valence-electron chi connectivity index (χ2n) is 4.83. The van der Waals surface area contributed by atoms with Crippen LogP contribution in [0.3, 0.4) is 0 Å². The van der Waals surface area contributed by atoms with Crippen molar-refractivity contribution in [3.8, 4) is 23.7 Å². The van der Waals surface area contributed by atoms with Crippen LogP contribution in [0, 0.1) is 23.7 Å². The lowest BCUT2D eigenvalue weighted by Crippen LogP contribution is -1.79. The lowest BCUT2D eigenvalue weighted by atomic mass is 10.1. The van der Waals surface area contributed by atoms with Gasteiger partial charge in [0.15, 0.2) is 6.29 Å². The third-order valence-corrected chi connectivity index (χ3v) is 2.98. The largest absolute Gasteiger partial charge is 0.291 e. The van der Waals surface area contributed by atoms with Crippen molar-refractivity contribution in [1.29, 1.82) is 0 Å². The van der Waals surface area contributed by atoms with Crippen LogP contribution in [0.2, 0.25) is 0 Å². The molecule has 19 heavy (non-hydrogen) atoms. The minimum absolute atomic E-state index is 0.579. The maximum Gasteiger partial charge on any atom is 0.198 e. The Kier molecular flexibility index (Phi) is 15.7. The smallest absolute Gasteiger partial charge is 0.198 e. The van der Waals surface area contributed by atoms with Crippen LogP contribution in [0.1, 0.15) is 84.0 Å². The SMILES string of the molecule is CCCCCCCC#CC#CCCCCCC[C]=O. The van der Waals surface area contributed by atoms with Gasteiger partial charge in [-0.15, -0.1) is 0 Å². The summed E-state index contributed by atoms with van der Waals surface area (Å²) in [4.78, 5) is 9.98. The first-order valence-corrected chi connectivity index (χ1v) is 7.72. The summed E-state index contributed by atoms with van der Waals surface area (Å²) >= 11 is 0. The molecule has 0 saturated carbocycles. The first-order valence-electron chi connectivity index (χ1n) is 7.72. The van der Waals surface area contributed by atoms with Crippen LogP contribution in [-0.2, 0) is 4.79 Å². The Balaban J connectivity index is 3.27. The van der Waals surface area contributed by atoms with Crippen molar-refractivity contribution in [3.63, 3.8) is 0 Å². The van der Waals surface area contributed by atoms with E-state index < -0.39 is 0 Å². The Morgan fingerprint density at radius 2 is 1.11 bits per heavy atom. The summed E-state index contributed by atoms with van der Waals surface area (Å²) in [5, 5.41) is 0. The number of rotatable bonds is 11. The van der Waals surface area contributed by atoms with E-state index in [2.05, 4.69) is 30.6 Å². The lowest BCUT2D eigenvalue weighted by molar-refractivity contribution is 0.544. The highest BCUT2D eigenvalue weighted by atomic mass is 16.1. The fourth-order valence-electron chi connectivity index (χ4n) is 1.79. The summed E-state index contributed by atoms with van der Waals surface area (Å²) in [6.45, 7) is 2.23. The molecule has 0 aromatic carbocycles. The van der Waals surface area contributed by atoms with E-state index in [1.165, 1.54) is 32.1 Å². The van der Waals surface area contributed by atoms with Crippen molar-refractivity contribution in [2.45, 2.75) is 84.0 Å². The summed E-state index contributed by atoms with van der Waals surface area (Å²) < 4.78 is 0. The molecule has 0 aromatic heterocycles. The van der Waals surface area contributed by atoms with Crippen molar-refractivity contribution >= 4 is 6.29 Å². The van der Waals surface area contributed by atoms with E-state index in [1.54, 1.807) is 0 Å². The predicted octanol–water partition coefficient (Wildman–Crippen LogP) is 4.80. The Hall–Kier alpha value is -1.21. The Morgan fingerprint density at radius 1 is 0.632 bits per heavy atom. The molecule has 0 rings (SSSR count). The molecule has 0 saturated heterocycles. The first-order chi connectivity index (χ1) is 9.41. The fourth-order valence-corrected chi connectivity index (χ4v) is 1.79. The number of hydrogen-bond acceptors (Lipinski definition) is 1.